The van der Waals surface area contributed by atoms with Crippen molar-refractivity contribution < 1.29 is 23.0 Å². The Morgan fingerprint density at radius 1 is 0.950 bits per heavy atom. The molecule has 1 aromatic heterocycles. The lowest BCUT2D eigenvalue weighted by Crippen LogP contribution is -2.38. The van der Waals surface area contributed by atoms with Crippen LogP contribution in [-0.4, -0.2) is 34.9 Å². The van der Waals surface area contributed by atoms with E-state index in [1.165, 1.54) is 0 Å². The number of nitrogens with zero attached hydrogens (tertiary/aromatic N) is 2. The molecule has 210 valence electrons. The van der Waals surface area contributed by atoms with Crippen molar-refractivity contribution in [1.82, 2.24) is 14.3 Å². The number of aryl methyl sites for hydroxylation is 1. The third kappa shape index (κ3) is 6.65. The van der Waals surface area contributed by atoms with Crippen molar-refractivity contribution in [3.8, 4) is 0 Å². The van der Waals surface area contributed by atoms with Crippen LogP contribution in [0, 0.1) is 5.92 Å². The van der Waals surface area contributed by atoms with E-state index >= 15 is 0 Å². The molecule has 0 amide bonds. The van der Waals surface area contributed by atoms with Gasteiger partial charge in [0.2, 0.25) is 10.0 Å². The molecule has 3 aromatic carbocycles. The number of rotatable bonds is 10. The number of benzene rings is 3. The minimum Gasteiger partial charge on any atom is -0.392 e. The zero-order valence-electron chi connectivity index (χ0n) is 22.4. The number of nitrogens with one attached hydrogen (secondary N) is 1. The molecule has 0 saturated carbocycles. The van der Waals surface area contributed by atoms with Crippen LogP contribution >= 0.6 is 11.8 Å². The number of aliphatic hydroxyl groups is 1. The molecule has 4 atom stereocenters. The average Bonchev–Trinajstić information content (AvgIpc) is 3.40. The van der Waals surface area contributed by atoms with Gasteiger partial charge in [-0.3, -0.25) is 0 Å². The van der Waals surface area contributed by atoms with Gasteiger partial charge < -0.3 is 19.1 Å². The second-order valence-electron chi connectivity index (χ2n) is 9.83. The minimum atomic E-state index is -3.60. The first-order valence-electron chi connectivity index (χ1n) is 13.1. The van der Waals surface area contributed by atoms with Crippen LogP contribution in [0.4, 0.5) is 0 Å². The van der Waals surface area contributed by atoms with E-state index in [-0.39, 0.29) is 36.2 Å². The summed E-state index contributed by atoms with van der Waals surface area (Å²) in [5.41, 5.74) is 3.55. The predicted molar refractivity (Wildman–Crippen MR) is 154 cm³/mol. The van der Waals surface area contributed by atoms with Crippen LogP contribution in [0.1, 0.15) is 41.6 Å². The first-order valence-corrected chi connectivity index (χ1v) is 15.6. The average molecular weight is 580 g/mol. The molecule has 4 unspecified atom stereocenters. The summed E-state index contributed by atoms with van der Waals surface area (Å²) in [5, 5.41) is 10.4. The van der Waals surface area contributed by atoms with E-state index in [4.69, 9.17) is 9.47 Å². The van der Waals surface area contributed by atoms with Crippen LogP contribution in [-0.2, 0) is 39.7 Å². The summed E-state index contributed by atoms with van der Waals surface area (Å²) < 4.78 is 42.9. The second-order valence-corrected chi connectivity index (χ2v) is 12.6. The van der Waals surface area contributed by atoms with Crippen LogP contribution in [0.2, 0.25) is 0 Å². The highest BCUT2D eigenvalue weighted by Crippen LogP contribution is 2.42. The lowest BCUT2D eigenvalue weighted by Gasteiger charge is -2.41. The Balaban J connectivity index is 1.32. The quantitative estimate of drug-likeness (QED) is 0.256. The van der Waals surface area contributed by atoms with Gasteiger partial charge in [-0.15, -0.1) is 0 Å². The van der Waals surface area contributed by atoms with Crippen molar-refractivity contribution in [2.75, 3.05) is 5.75 Å². The third-order valence-corrected chi connectivity index (χ3v) is 9.61. The zero-order valence-corrected chi connectivity index (χ0v) is 24.0. The van der Waals surface area contributed by atoms with Crippen LogP contribution < -0.4 is 4.72 Å². The molecule has 0 spiro atoms. The molecule has 1 aliphatic heterocycles. The van der Waals surface area contributed by atoms with Gasteiger partial charge in [-0.25, -0.2) is 18.1 Å². The van der Waals surface area contributed by atoms with Gasteiger partial charge in [0.25, 0.3) is 0 Å². The number of aliphatic hydroxyl groups excluding tert-OH is 1. The largest absolute Gasteiger partial charge is 0.392 e. The molecule has 10 heteroatoms. The van der Waals surface area contributed by atoms with Gasteiger partial charge in [0.15, 0.2) is 11.4 Å². The van der Waals surface area contributed by atoms with E-state index in [0.717, 1.165) is 27.4 Å². The smallest absolute Gasteiger partial charge is 0.240 e. The Morgan fingerprint density at radius 3 is 2.27 bits per heavy atom. The van der Waals surface area contributed by atoms with Crippen LogP contribution in [0.3, 0.4) is 0 Å². The van der Waals surface area contributed by atoms with Crippen molar-refractivity contribution in [1.29, 1.82) is 0 Å². The molecule has 0 radical (unpaired) electrons. The number of aromatic nitrogens is 2. The molecule has 8 nitrogen and oxygen atoms in total. The standard InChI is InChI=1S/C30H33N3O5S2/c1-21-27(20-39-30-31-16-17-33(30)2)37-29(38-28(21)24-12-10-23(19-34)11-13-24)25-14-8-22(9-15-25)18-32-40(35,36)26-6-4-3-5-7-26/h3-17,21,27-29,32,34H,18-20H2,1-2H3. The Kier molecular flexibility index (Phi) is 9.04. The summed E-state index contributed by atoms with van der Waals surface area (Å²) in [6, 6.07) is 23.8. The molecule has 1 aliphatic rings. The summed E-state index contributed by atoms with van der Waals surface area (Å²) in [7, 11) is -1.63. The van der Waals surface area contributed by atoms with Crippen molar-refractivity contribution in [2.45, 2.75) is 48.6 Å². The molecule has 5 rings (SSSR count). The molecular formula is C30H33N3O5S2. The van der Waals surface area contributed by atoms with Crippen molar-refractivity contribution in [2.24, 2.45) is 13.0 Å². The van der Waals surface area contributed by atoms with E-state index in [0.29, 0.717) is 5.75 Å². The maximum atomic E-state index is 12.6. The number of imidazole rings is 1. The van der Waals surface area contributed by atoms with Crippen molar-refractivity contribution in [3.63, 3.8) is 0 Å². The van der Waals surface area contributed by atoms with Crippen molar-refractivity contribution in [3.05, 3.63) is 114 Å². The maximum Gasteiger partial charge on any atom is 0.240 e. The van der Waals surface area contributed by atoms with E-state index in [1.807, 2.05) is 66.3 Å². The highest BCUT2D eigenvalue weighted by atomic mass is 32.2. The van der Waals surface area contributed by atoms with Crippen LogP contribution in [0.25, 0.3) is 0 Å². The number of hydrogen-bond donors (Lipinski definition) is 2. The van der Waals surface area contributed by atoms with Gasteiger partial charge in [-0.1, -0.05) is 85.4 Å². The van der Waals surface area contributed by atoms with E-state index in [1.54, 1.807) is 48.3 Å². The topological polar surface area (TPSA) is 103 Å². The normalized spacial score (nSPS) is 21.4. The summed E-state index contributed by atoms with van der Waals surface area (Å²) in [4.78, 5) is 4.66. The molecule has 2 heterocycles. The van der Waals surface area contributed by atoms with Gasteiger partial charge in [0, 0.05) is 43.2 Å². The number of ether oxygens (including phenoxy) is 2. The molecular weight excluding hydrogens is 546 g/mol. The fourth-order valence-electron chi connectivity index (χ4n) is 4.61. The molecule has 1 fully saturated rings. The van der Waals surface area contributed by atoms with Gasteiger partial charge in [-0.05, 0) is 28.8 Å². The van der Waals surface area contributed by atoms with Crippen LogP contribution in [0.15, 0.2) is 101 Å². The highest BCUT2D eigenvalue weighted by molar-refractivity contribution is 7.99. The second kappa shape index (κ2) is 12.7. The highest BCUT2D eigenvalue weighted by Gasteiger charge is 2.38. The van der Waals surface area contributed by atoms with E-state index < -0.39 is 16.3 Å². The monoisotopic (exact) mass is 579 g/mol. The number of thioether (sulfide) groups is 1. The fourth-order valence-corrected chi connectivity index (χ4v) is 6.75. The maximum absolute atomic E-state index is 12.6. The summed E-state index contributed by atoms with van der Waals surface area (Å²) in [6.07, 6.45) is 2.79. The Bertz CT molecular complexity index is 1490. The van der Waals surface area contributed by atoms with Crippen molar-refractivity contribution >= 4 is 21.8 Å². The lowest BCUT2D eigenvalue weighted by molar-refractivity contribution is -0.268. The van der Waals surface area contributed by atoms with E-state index in [9.17, 15) is 13.5 Å². The molecule has 2 N–H and O–H groups in total. The Labute approximate surface area is 239 Å². The van der Waals surface area contributed by atoms with Crippen LogP contribution in [0.5, 0.6) is 0 Å². The zero-order chi connectivity index (χ0) is 28.1. The molecule has 1 saturated heterocycles. The Morgan fingerprint density at radius 2 is 1.62 bits per heavy atom. The van der Waals surface area contributed by atoms with Gasteiger partial charge in [-0.2, -0.15) is 0 Å². The molecule has 40 heavy (non-hydrogen) atoms. The predicted octanol–water partition coefficient (Wildman–Crippen LogP) is 4.97. The Hall–Kier alpha value is -2.99. The molecule has 0 aliphatic carbocycles. The minimum absolute atomic E-state index is 0.0100. The lowest BCUT2D eigenvalue weighted by atomic mass is 9.91. The van der Waals surface area contributed by atoms with Gasteiger partial charge >= 0.3 is 0 Å². The number of sulfonamides is 1. The first-order chi connectivity index (χ1) is 19.3. The van der Waals surface area contributed by atoms with E-state index in [2.05, 4.69) is 16.6 Å². The van der Waals surface area contributed by atoms with Gasteiger partial charge in [0.05, 0.1) is 23.7 Å². The van der Waals surface area contributed by atoms with Gasteiger partial charge in [0.1, 0.15) is 0 Å². The summed E-state index contributed by atoms with van der Waals surface area (Å²) in [6.45, 7) is 2.29. The number of hydrogen-bond acceptors (Lipinski definition) is 7. The SMILES string of the molecule is CC1C(CSc2nccn2C)OC(c2ccc(CNS(=O)(=O)c3ccccc3)cc2)OC1c1ccc(CO)cc1. The first kappa shape index (κ1) is 28.5. The third-order valence-electron chi connectivity index (χ3n) is 7.05. The molecule has 0 bridgehead atoms. The fraction of sp³-hybridized carbons (Fsp3) is 0.300. The summed E-state index contributed by atoms with van der Waals surface area (Å²) in [5.74, 6) is 0.770. The molecule has 4 aromatic rings. The summed E-state index contributed by atoms with van der Waals surface area (Å²) >= 11 is 1.65.